The molecule has 3 rings (SSSR count). The van der Waals surface area contributed by atoms with E-state index >= 15 is 0 Å². The number of pyridine rings is 1. The molecule has 0 spiro atoms. The molecule has 2 aromatic carbocycles. The second-order valence-corrected chi connectivity index (χ2v) is 5.67. The summed E-state index contributed by atoms with van der Waals surface area (Å²) in [7, 11) is 0. The lowest BCUT2D eigenvalue weighted by molar-refractivity contribution is -0.121. The van der Waals surface area contributed by atoms with Gasteiger partial charge in [0.2, 0.25) is 5.91 Å². The molecular weight excluding hydrogens is 312 g/mol. The Hall–Kier alpha value is -2.59. The van der Waals surface area contributed by atoms with Gasteiger partial charge in [0.1, 0.15) is 6.54 Å². The van der Waals surface area contributed by atoms with Crippen molar-refractivity contribution in [1.29, 1.82) is 0 Å². The summed E-state index contributed by atoms with van der Waals surface area (Å²) in [5.41, 5.74) is 1.60. The number of halogens is 1. The van der Waals surface area contributed by atoms with Gasteiger partial charge in [-0.15, -0.1) is 0 Å². The minimum absolute atomic E-state index is 0.0855. The van der Waals surface area contributed by atoms with Crippen molar-refractivity contribution in [1.82, 2.24) is 9.88 Å². The molecule has 0 aliphatic heterocycles. The molecule has 0 saturated carbocycles. The Kier molecular flexibility index (Phi) is 4.44. The van der Waals surface area contributed by atoms with Gasteiger partial charge in [0.05, 0.1) is 5.52 Å². The molecule has 23 heavy (non-hydrogen) atoms. The molecule has 0 aliphatic rings. The van der Waals surface area contributed by atoms with Crippen LogP contribution in [0.15, 0.2) is 65.6 Å². The van der Waals surface area contributed by atoms with Gasteiger partial charge >= 0.3 is 0 Å². The van der Waals surface area contributed by atoms with Crippen molar-refractivity contribution in [3.8, 4) is 0 Å². The lowest BCUT2D eigenvalue weighted by Gasteiger charge is -2.11. The molecule has 0 saturated heterocycles. The summed E-state index contributed by atoms with van der Waals surface area (Å²) in [5.74, 6) is -0.126. The predicted molar refractivity (Wildman–Crippen MR) is 91.5 cm³/mol. The topological polar surface area (TPSA) is 51.1 Å². The summed E-state index contributed by atoms with van der Waals surface area (Å²) >= 11 is 6.00. The number of hydrogen-bond acceptors (Lipinski definition) is 2. The maximum absolute atomic E-state index is 12.2. The van der Waals surface area contributed by atoms with Crippen molar-refractivity contribution in [2.75, 3.05) is 0 Å². The van der Waals surface area contributed by atoms with Crippen molar-refractivity contribution in [2.45, 2.75) is 13.1 Å². The first kappa shape index (κ1) is 15.3. The van der Waals surface area contributed by atoms with E-state index in [0.717, 1.165) is 5.56 Å². The number of nitrogens with zero attached hydrogens (tertiary/aromatic N) is 1. The molecule has 0 atom stereocenters. The fourth-order valence-corrected chi connectivity index (χ4v) is 2.59. The van der Waals surface area contributed by atoms with Crippen LogP contribution in [-0.4, -0.2) is 10.5 Å². The van der Waals surface area contributed by atoms with E-state index in [9.17, 15) is 9.59 Å². The van der Waals surface area contributed by atoms with E-state index in [-0.39, 0.29) is 17.9 Å². The molecule has 1 amide bonds. The highest BCUT2D eigenvalue weighted by atomic mass is 35.5. The van der Waals surface area contributed by atoms with Gasteiger partial charge in [0, 0.05) is 29.2 Å². The first-order chi connectivity index (χ1) is 11.1. The third kappa shape index (κ3) is 3.60. The summed E-state index contributed by atoms with van der Waals surface area (Å²) in [4.78, 5) is 24.0. The number of rotatable bonds is 4. The van der Waals surface area contributed by atoms with Gasteiger partial charge in [-0.1, -0.05) is 41.9 Å². The standard InChI is InChI=1S/C18H15ClN2O2/c19-14-6-7-15-16(10-14)21(9-8-17(15)22)12-18(23)20-11-13-4-2-1-3-5-13/h1-10H,11-12H2,(H,20,23). The maximum Gasteiger partial charge on any atom is 0.240 e. The van der Waals surface area contributed by atoms with Crippen LogP contribution in [0.5, 0.6) is 0 Å². The van der Waals surface area contributed by atoms with Crippen LogP contribution in [0.3, 0.4) is 0 Å². The van der Waals surface area contributed by atoms with Gasteiger partial charge < -0.3 is 9.88 Å². The lowest BCUT2D eigenvalue weighted by Crippen LogP contribution is -2.27. The van der Waals surface area contributed by atoms with E-state index < -0.39 is 0 Å². The van der Waals surface area contributed by atoms with Crippen LogP contribution in [-0.2, 0) is 17.9 Å². The monoisotopic (exact) mass is 326 g/mol. The van der Waals surface area contributed by atoms with Crippen LogP contribution in [0.1, 0.15) is 5.56 Å². The number of aromatic nitrogens is 1. The summed E-state index contributed by atoms with van der Waals surface area (Å²) < 4.78 is 1.73. The molecule has 0 aliphatic carbocycles. The third-order valence-electron chi connectivity index (χ3n) is 3.59. The zero-order valence-corrected chi connectivity index (χ0v) is 13.1. The summed E-state index contributed by atoms with van der Waals surface area (Å²) in [6.45, 7) is 0.600. The average molecular weight is 327 g/mol. The zero-order valence-electron chi connectivity index (χ0n) is 12.3. The van der Waals surface area contributed by atoms with E-state index in [0.29, 0.717) is 22.5 Å². The summed E-state index contributed by atoms with van der Waals surface area (Å²) in [6.07, 6.45) is 1.61. The van der Waals surface area contributed by atoms with E-state index in [1.165, 1.54) is 6.07 Å². The molecule has 1 aromatic heterocycles. The van der Waals surface area contributed by atoms with Crippen LogP contribution < -0.4 is 10.7 Å². The number of amides is 1. The van der Waals surface area contributed by atoms with Gasteiger partial charge in [-0.3, -0.25) is 9.59 Å². The minimum atomic E-state index is -0.126. The number of carbonyl (C=O) groups excluding carboxylic acids is 1. The quantitative estimate of drug-likeness (QED) is 0.801. The Morgan fingerprint density at radius 1 is 1.09 bits per heavy atom. The molecule has 0 bridgehead atoms. The van der Waals surface area contributed by atoms with Crippen molar-refractivity contribution in [2.24, 2.45) is 0 Å². The van der Waals surface area contributed by atoms with Crippen LogP contribution >= 0.6 is 11.6 Å². The van der Waals surface area contributed by atoms with Crippen molar-refractivity contribution < 1.29 is 4.79 Å². The largest absolute Gasteiger partial charge is 0.350 e. The van der Waals surface area contributed by atoms with E-state index in [1.54, 1.807) is 29.0 Å². The van der Waals surface area contributed by atoms with Crippen LogP contribution in [0.4, 0.5) is 0 Å². The van der Waals surface area contributed by atoms with Gasteiger partial charge in [-0.2, -0.15) is 0 Å². The van der Waals surface area contributed by atoms with E-state index in [2.05, 4.69) is 5.32 Å². The molecule has 4 nitrogen and oxygen atoms in total. The molecule has 116 valence electrons. The average Bonchev–Trinajstić information content (AvgIpc) is 2.56. The normalized spacial score (nSPS) is 10.7. The summed E-state index contributed by atoms with van der Waals surface area (Å²) in [5, 5.41) is 3.95. The van der Waals surface area contributed by atoms with Crippen molar-refractivity contribution >= 4 is 28.4 Å². The number of hydrogen-bond donors (Lipinski definition) is 1. The Labute approximate surface area is 138 Å². The first-order valence-electron chi connectivity index (χ1n) is 7.23. The van der Waals surface area contributed by atoms with Crippen molar-refractivity contribution in [3.63, 3.8) is 0 Å². The molecule has 3 aromatic rings. The fourth-order valence-electron chi connectivity index (χ4n) is 2.42. The highest BCUT2D eigenvalue weighted by Gasteiger charge is 2.07. The molecular formula is C18H15ClN2O2. The smallest absolute Gasteiger partial charge is 0.240 e. The minimum Gasteiger partial charge on any atom is -0.350 e. The second kappa shape index (κ2) is 6.67. The lowest BCUT2D eigenvalue weighted by atomic mass is 10.2. The molecule has 1 N–H and O–H groups in total. The van der Waals surface area contributed by atoms with Crippen LogP contribution in [0.25, 0.3) is 10.9 Å². The summed E-state index contributed by atoms with van der Waals surface area (Å²) in [6, 6.07) is 16.2. The SMILES string of the molecule is O=C(Cn1ccc(=O)c2ccc(Cl)cc21)NCc1ccccc1. The van der Waals surface area contributed by atoms with Gasteiger partial charge in [0.25, 0.3) is 0 Å². The first-order valence-corrected chi connectivity index (χ1v) is 7.60. The Balaban J connectivity index is 1.78. The van der Waals surface area contributed by atoms with Gasteiger partial charge in [-0.05, 0) is 23.8 Å². The number of nitrogens with one attached hydrogen (secondary N) is 1. The molecule has 0 fully saturated rings. The van der Waals surface area contributed by atoms with E-state index in [1.807, 2.05) is 30.3 Å². The number of carbonyl (C=O) groups is 1. The maximum atomic E-state index is 12.2. The van der Waals surface area contributed by atoms with Crippen LogP contribution in [0, 0.1) is 0 Å². The number of fused-ring (bicyclic) bond motifs is 1. The molecule has 5 heteroatoms. The van der Waals surface area contributed by atoms with E-state index in [4.69, 9.17) is 11.6 Å². The number of benzene rings is 2. The zero-order chi connectivity index (χ0) is 16.2. The molecule has 1 heterocycles. The Morgan fingerprint density at radius 2 is 1.87 bits per heavy atom. The van der Waals surface area contributed by atoms with Crippen LogP contribution in [0.2, 0.25) is 5.02 Å². The highest BCUT2D eigenvalue weighted by Crippen LogP contribution is 2.16. The van der Waals surface area contributed by atoms with Crippen molar-refractivity contribution in [3.05, 3.63) is 81.6 Å². The second-order valence-electron chi connectivity index (χ2n) is 5.23. The third-order valence-corrected chi connectivity index (χ3v) is 3.82. The fraction of sp³-hybridized carbons (Fsp3) is 0.111. The predicted octanol–water partition coefficient (Wildman–Crippen LogP) is 2.97. The molecule has 0 unspecified atom stereocenters. The van der Waals surface area contributed by atoms with Gasteiger partial charge in [0.15, 0.2) is 5.43 Å². The Morgan fingerprint density at radius 3 is 2.65 bits per heavy atom. The molecule has 0 radical (unpaired) electrons. The Bertz CT molecular complexity index is 904. The highest BCUT2D eigenvalue weighted by molar-refractivity contribution is 6.31. The van der Waals surface area contributed by atoms with Gasteiger partial charge in [-0.25, -0.2) is 0 Å².